The molecule has 0 spiro atoms. The van der Waals surface area contributed by atoms with E-state index < -0.39 is 0 Å². The van der Waals surface area contributed by atoms with E-state index in [9.17, 15) is 14.4 Å². The minimum atomic E-state index is -0.311. The molecule has 8 nitrogen and oxygen atoms in total. The zero-order valence-electron chi connectivity index (χ0n) is 20.9. The maximum Gasteiger partial charge on any atom is 0.259 e. The molecule has 0 atom stereocenters. The van der Waals surface area contributed by atoms with Gasteiger partial charge in [0.1, 0.15) is 0 Å². The summed E-state index contributed by atoms with van der Waals surface area (Å²) >= 11 is 1.36. The van der Waals surface area contributed by atoms with Crippen LogP contribution in [0.25, 0.3) is 10.2 Å². The molecule has 0 bridgehead atoms. The van der Waals surface area contributed by atoms with Crippen molar-refractivity contribution < 1.29 is 19.2 Å². The molecule has 0 unspecified atom stereocenters. The Kier molecular flexibility index (Phi) is 7.81. The Morgan fingerprint density at radius 2 is 1.78 bits per heavy atom. The van der Waals surface area contributed by atoms with E-state index in [0.717, 1.165) is 28.9 Å². The summed E-state index contributed by atoms with van der Waals surface area (Å²) in [6, 6.07) is 12.7. The van der Waals surface area contributed by atoms with Gasteiger partial charge in [0, 0.05) is 50.3 Å². The van der Waals surface area contributed by atoms with E-state index in [1.165, 1.54) is 35.5 Å². The van der Waals surface area contributed by atoms with E-state index >= 15 is 0 Å². The van der Waals surface area contributed by atoms with Crippen LogP contribution in [-0.2, 0) is 9.59 Å². The van der Waals surface area contributed by atoms with Gasteiger partial charge in [-0.25, -0.2) is 4.98 Å². The van der Waals surface area contributed by atoms with Crippen molar-refractivity contribution in [2.24, 2.45) is 0 Å². The molecule has 1 aliphatic heterocycles. The van der Waals surface area contributed by atoms with E-state index in [0.29, 0.717) is 29.5 Å². The molecular formula is C27H30N4O4S. The molecule has 1 aromatic heterocycles. The number of allylic oxidation sites excluding steroid dienone is 1. The van der Waals surface area contributed by atoms with Gasteiger partial charge < -0.3 is 14.6 Å². The van der Waals surface area contributed by atoms with Crippen LogP contribution in [0.4, 0.5) is 5.13 Å². The van der Waals surface area contributed by atoms with Crippen molar-refractivity contribution in [1.82, 2.24) is 14.8 Å². The van der Waals surface area contributed by atoms with Gasteiger partial charge in [0.2, 0.25) is 11.0 Å². The van der Waals surface area contributed by atoms with Crippen molar-refractivity contribution in [3.8, 4) is 5.75 Å². The Morgan fingerprint density at radius 1 is 1.06 bits per heavy atom. The number of aromatic nitrogens is 1. The normalized spacial score (nSPS) is 14.5. The van der Waals surface area contributed by atoms with Crippen molar-refractivity contribution in [3.63, 3.8) is 0 Å². The fourth-order valence-electron chi connectivity index (χ4n) is 3.89. The lowest BCUT2D eigenvalue weighted by Crippen LogP contribution is -2.46. The lowest BCUT2D eigenvalue weighted by Gasteiger charge is -2.31. The third-order valence-electron chi connectivity index (χ3n) is 6.04. The lowest BCUT2D eigenvalue weighted by molar-refractivity contribution is -0.127. The molecule has 0 N–H and O–H groups in total. The van der Waals surface area contributed by atoms with Crippen molar-refractivity contribution >= 4 is 44.3 Å². The Balaban J connectivity index is 1.53. The molecule has 0 aliphatic carbocycles. The van der Waals surface area contributed by atoms with Crippen LogP contribution in [0.5, 0.6) is 5.75 Å². The maximum atomic E-state index is 12.8. The summed E-state index contributed by atoms with van der Waals surface area (Å²) in [5, 5.41) is 1.62. The van der Waals surface area contributed by atoms with Gasteiger partial charge >= 0.3 is 0 Å². The minimum absolute atomic E-state index is 0.0212. The molecule has 1 saturated heterocycles. The predicted octanol–water partition coefficient (Wildman–Crippen LogP) is 4.28. The van der Waals surface area contributed by atoms with Crippen molar-refractivity contribution in [2.75, 3.05) is 38.3 Å². The minimum Gasteiger partial charge on any atom is -0.369 e. The van der Waals surface area contributed by atoms with Crippen molar-refractivity contribution in [3.05, 3.63) is 65.7 Å². The summed E-state index contributed by atoms with van der Waals surface area (Å²) in [7, 11) is 2.02. The first-order valence-corrected chi connectivity index (χ1v) is 12.7. The molecule has 0 radical (unpaired) electrons. The second-order valence-corrected chi connectivity index (χ2v) is 10.1. The van der Waals surface area contributed by atoms with Crippen LogP contribution in [0, 0.1) is 0 Å². The van der Waals surface area contributed by atoms with Crippen molar-refractivity contribution in [2.45, 2.75) is 26.7 Å². The number of carbonyl (C=O) groups is 3. The fraction of sp³-hybridized carbons (Fsp3) is 0.333. The van der Waals surface area contributed by atoms with Gasteiger partial charge in [0.25, 0.3) is 5.91 Å². The van der Waals surface area contributed by atoms with Gasteiger partial charge in [0.05, 0.1) is 10.2 Å². The number of fused-ring (bicyclic) bond motifs is 1. The number of hydrogen-bond donors (Lipinski definition) is 0. The average Bonchev–Trinajstić information content (AvgIpc) is 3.29. The molecule has 2 heterocycles. The standard InChI is InChI=1S/C27H30N4O4S/c1-18(2)21-17-20(23(33)10-12-26(34)30-15-13-29(4)14-16-30)9-11-24(21)35-31(19(3)32)27-28-22-7-5-6-8-25(22)36-27/h5-12,17-18H,13-16H2,1-4H3/b12-10-. The van der Waals surface area contributed by atoms with E-state index in [-0.39, 0.29) is 23.5 Å². The van der Waals surface area contributed by atoms with Crippen LogP contribution in [0.15, 0.2) is 54.6 Å². The number of thiazole rings is 1. The maximum absolute atomic E-state index is 12.8. The number of hydrogen-bond acceptors (Lipinski definition) is 7. The van der Waals surface area contributed by atoms with Gasteiger partial charge in [-0.3, -0.25) is 14.4 Å². The number of piperazine rings is 1. The van der Waals surface area contributed by atoms with Gasteiger partial charge in [0.15, 0.2) is 11.5 Å². The largest absolute Gasteiger partial charge is 0.369 e. The number of ketones is 1. The molecule has 1 aliphatic rings. The zero-order chi connectivity index (χ0) is 25.8. The zero-order valence-corrected chi connectivity index (χ0v) is 21.7. The second-order valence-electron chi connectivity index (χ2n) is 9.10. The van der Waals surface area contributed by atoms with Crippen LogP contribution >= 0.6 is 11.3 Å². The Bertz CT molecular complexity index is 1280. The quantitative estimate of drug-likeness (QED) is 0.270. The van der Waals surface area contributed by atoms with Crippen LogP contribution in [0.2, 0.25) is 0 Å². The van der Waals surface area contributed by atoms with Gasteiger partial charge in [-0.05, 0) is 49.4 Å². The predicted molar refractivity (Wildman–Crippen MR) is 141 cm³/mol. The summed E-state index contributed by atoms with van der Waals surface area (Å²) in [5.74, 6) is -0.246. The Hall–Kier alpha value is -3.56. The van der Waals surface area contributed by atoms with E-state index in [4.69, 9.17) is 4.84 Å². The molecule has 4 rings (SSSR count). The Labute approximate surface area is 214 Å². The first kappa shape index (κ1) is 25.5. The monoisotopic (exact) mass is 506 g/mol. The average molecular weight is 507 g/mol. The topological polar surface area (TPSA) is 83.0 Å². The van der Waals surface area contributed by atoms with Crippen LogP contribution in [-0.4, -0.2) is 65.6 Å². The molecule has 3 aromatic rings. The number of nitrogens with zero attached hydrogens (tertiary/aromatic N) is 4. The summed E-state index contributed by atoms with van der Waals surface area (Å²) < 4.78 is 0.949. The van der Waals surface area contributed by atoms with Crippen molar-refractivity contribution in [1.29, 1.82) is 0 Å². The summed E-state index contributed by atoms with van der Waals surface area (Å²) in [6.07, 6.45) is 2.67. The highest BCUT2D eigenvalue weighted by Gasteiger charge is 2.22. The summed E-state index contributed by atoms with van der Waals surface area (Å²) in [6.45, 7) is 8.33. The first-order chi connectivity index (χ1) is 17.2. The molecular weight excluding hydrogens is 476 g/mol. The van der Waals surface area contributed by atoms with E-state index in [2.05, 4.69) is 9.88 Å². The highest BCUT2D eigenvalue weighted by atomic mass is 32.1. The highest BCUT2D eigenvalue weighted by molar-refractivity contribution is 7.22. The number of carbonyl (C=O) groups excluding carboxylic acids is 3. The molecule has 0 saturated carbocycles. The number of amides is 2. The molecule has 1 fully saturated rings. The summed E-state index contributed by atoms with van der Waals surface area (Å²) in [4.78, 5) is 52.2. The number of likely N-dealkylation sites (N-methyl/N-ethyl adjacent to an activating group) is 1. The van der Waals surface area contributed by atoms with Gasteiger partial charge in [-0.15, -0.1) is 5.06 Å². The first-order valence-electron chi connectivity index (χ1n) is 11.9. The summed E-state index contributed by atoms with van der Waals surface area (Å²) in [5.41, 5.74) is 2.00. The van der Waals surface area contributed by atoms with Crippen LogP contribution < -0.4 is 9.90 Å². The molecule has 2 aromatic carbocycles. The number of rotatable bonds is 7. The molecule has 36 heavy (non-hydrogen) atoms. The van der Waals surface area contributed by atoms with Gasteiger partial charge in [-0.1, -0.05) is 37.3 Å². The molecule has 2 amide bonds. The second kappa shape index (κ2) is 11.0. The highest BCUT2D eigenvalue weighted by Crippen LogP contribution is 2.33. The Morgan fingerprint density at radius 3 is 2.44 bits per heavy atom. The third-order valence-corrected chi connectivity index (χ3v) is 7.05. The van der Waals surface area contributed by atoms with Crippen LogP contribution in [0.3, 0.4) is 0 Å². The smallest absolute Gasteiger partial charge is 0.259 e. The number of anilines is 1. The SMILES string of the molecule is CC(=O)N(Oc1ccc(C(=O)/C=C\C(=O)N2CCN(C)CC2)cc1C(C)C)c1nc2ccccc2s1. The van der Waals surface area contributed by atoms with Gasteiger partial charge in [-0.2, -0.15) is 0 Å². The van der Waals surface area contributed by atoms with Crippen LogP contribution in [0.1, 0.15) is 42.6 Å². The molecule has 9 heteroatoms. The number of hydroxylamine groups is 1. The third kappa shape index (κ3) is 5.80. The molecule has 188 valence electrons. The van der Waals surface area contributed by atoms with E-state index in [1.807, 2.05) is 45.2 Å². The number of benzene rings is 2. The lowest BCUT2D eigenvalue weighted by atomic mass is 9.98. The fourth-order valence-corrected chi connectivity index (χ4v) is 4.85. The number of para-hydroxylation sites is 1. The van der Waals surface area contributed by atoms with E-state index in [1.54, 1.807) is 23.1 Å².